The molecule has 1 saturated heterocycles. The molecule has 4 nitrogen and oxygen atoms in total. The Hall–Kier alpha value is -0.910. The van der Waals surface area contributed by atoms with E-state index in [9.17, 15) is 8.42 Å². The van der Waals surface area contributed by atoms with Gasteiger partial charge >= 0.3 is 0 Å². The van der Waals surface area contributed by atoms with Crippen LogP contribution < -0.4 is 5.73 Å². The topological polar surface area (TPSA) is 63.4 Å². The van der Waals surface area contributed by atoms with Crippen LogP contribution in [0.1, 0.15) is 31.2 Å². The second kappa shape index (κ2) is 5.82. The van der Waals surface area contributed by atoms with E-state index in [2.05, 4.69) is 0 Å². The summed E-state index contributed by atoms with van der Waals surface area (Å²) in [5.74, 6) is 0. The minimum atomic E-state index is -3.34. The Morgan fingerprint density at radius 2 is 1.78 bits per heavy atom. The van der Waals surface area contributed by atoms with Crippen molar-refractivity contribution in [1.82, 2.24) is 4.31 Å². The van der Waals surface area contributed by atoms with Crippen molar-refractivity contribution < 1.29 is 8.42 Å². The van der Waals surface area contributed by atoms with Crippen LogP contribution >= 0.6 is 0 Å². The highest BCUT2D eigenvalue weighted by molar-refractivity contribution is 7.89. The molecular formula is C13H20N2O2S. The lowest BCUT2D eigenvalue weighted by Gasteiger charge is -2.20. The fourth-order valence-electron chi connectivity index (χ4n) is 2.26. The summed E-state index contributed by atoms with van der Waals surface area (Å²) < 4.78 is 26.6. The first-order valence-electron chi connectivity index (χ1n) is 6.44. The van der Waals surface area contributed by atoms with Crippen molar-refractivity contribution in [1.29, 1.82) is 0 Å². The van der Waals surface area contributed by atoms with E-state index in [4.69, 9.17) is 5.73 Å². The summed E-state index contributed by atoms with van der Waals surface area (Å²) in [5.41, 5.74) is 6.41. The molecule has 100 valence electrons. The van der Waals surface area contributed by atoms with E-state index < -0.39 is 10.0 Å². The van der Waals surface area contributed by atoms with Crippen molar-refractivity contribution in [3.63, 3.8) is 0 Å². The van der Waals surface area contributed by atoms with E-state index in [1.54, 1.807) is 22.5 Å². The molecule has 0 spiro atoms. The van der Waals surface area contributed by atoms with Gasteiger partial charge in [-0.2, -0.15) is 4.31 Å². The maximum atomic E-state index is 12.5. The van der Waals surface area contributed by atoms with Crippen LogP contribution in [-0.4, -0.2) is 25.8 Å². The fourth-order valence-corrected chi connectivity index (χ4v) is 3.85. The zero-order valence-corrected chi connectivity index (χ0v) is 11.3. The van der Waals surface area contributed by atoms with E-state index in [1.807, 2.05) is 6.07 Å². The van der Waals surface area contributed by atoms with Gasteiger partial charge in [-0.3, -0.25) is 0 Å². The molecule has 1 aliphatic rings. The molecule has 0 atom stereocenters. The number of hydrogen-bond acceptors (Lipinski definition) is 3. The highest BCUT2D eigenvalue weighted by atomic mass is 32.2. The fraction of sp³-hybridized carbons (Fsp3) is 0.538. The average Bonchev–Trinajstić information content (AvgIpc) is 2.68. The Labute approximate surface area is 109 Å². The third kappa shape index (κ3) is 2.91. The summed E-state index contributed by atoms with van der Waals surface area (Å²) in [5, 5.41) is 0. The number of benzene rings is 1. The molecular weight excluding hydrogens is 248 g/mol. The van der Waals surface area contributed by atoms with Gasteiger partial charge in [0.1, 0.15) is 0 Å². The predicted octanol–water partition coefficient (Wildman–Crippen LogP) is 1.71. The van der Waals surface area contributed by atoms with Crippen molar-refractivity contribution in [3.05, 3.63) is 29.8 Å². The maximum Gasteiger partial charge on any atom is 0.243 e. The van der Waals surface area contributed by atoms with Crippen molar-refractivity contribution in [2.45, 2.75) is 37.1 Å². The van der Waals surface area contributed by atoms with E-state index >= 15 is 0 Å². The first kappa shape index (κ1) is 13.5. The van der Waals surface area contributed by atoms with Gasteiger partial charge < -0.3 is 5.73 Å². The lowest BCUT2D eigenvalue weighted by molar-refractivity contribution is 0.423. The average molecular weight is 268 g/mol. The molecule has 0 saturated carbocycles. The molecule has 0 aliphatic carbocycles. The monoisotopic (exact) mass is 268 g/mol. The zero-order valence-electron chi connectivity index (χ0n) is 10.5. The van der Waals surface area contributed by atoms with Crippen LogP contribution in [0.5, 0.6) is 0 Å². The number of rotatable bonds is 3. The molecule has 18 heavy (non-hydrogen) atoms. The molecule has 0 radical (unpaired) electrons. The Morgan fingerprint density at radius 1 is 1.11 bits per heavy atom. The van der Waals surface area contributed by atoms with Gasteiger partial charge in [-0.25, -0.2) is 8.42 Å². The molecule has 5 heteroatoms. The van der Waals surface area contributed by atoms with Gasteiger partial charge in [0.2, 0.25) is 10.0 Å². The van der Waals surface area contributed by atoms with Gasteiger partial charge in [0.05, 0.1) is 4.90 Å². The number of nitrogens with two attached hydrogens (primary N) is 1. The van der Waals surface area contributed by atoms with Crippen molar-refractivity contribution in [2.24, 2.45) is 5.73 Å². The van der Waals surface area contributed by atoms with Crippen LogP contribution in [0.15, 0.2) is 29.2 Å². The maximum absolute atomic E-state index is 12.5. The molecule has 2 rings (SSSR count). The standard InChI is InChI=1S/C13H20N2O2S/c14-11-12-6-5-7-13(10-12)18(16,17)15-8-3-1-2-4-9-15/h5-7,10H,1-4,8-9,11,14H2. The Morgan fingerprint density at radius 3 is 2.39 bits per heavy atom. The van der Waals surface area contributed by atoms with E-state index in [1.165, 1.54) is 0 Å². The van der Waals surface area contributed by atoms with E-state index in [-0.39, 0.29) is 0 Å². The number of hydrogen-bond donors (Lipinski definition) is 1. The molecule has 1 fully saturated rings. The molecule has 1 aromatic rings. The summed E-state index contributed by atoms with van der Waals surface area (Å²) in [7, 11) is -3.34. The minimum Gasteiger partial charge on any atom is -0.326 e. The van der Waals surface area contributed by atoms with Gasteiger partial charge in [-0.15, -0.1) is 0 Å². The van der Waals surface area contributed by atoms with Crippen molar-refractivity contribution in [2.75, 3.05) is 13.1 Å². The summed E-state index contributed by atoms with van der Waals surface area (Å²) >= 11 is 0. The van der Waals surface area contributed by atoms with Gasteiger partial charge in [-0.05, 0) is 30.5 Å². The predicted molar refractivity (Wildman–Crippen MR) is 71.6 cm³/mol. The third-order valence-electron chi connectivity index (χ3n) is 3.34. The van der Waals surface area contributed by atoms with Crippen LogP contribution in [0.4, 0.5) is 0 Å². The van der Waals surface area contributed by atoms with E-state index in [0.29, 0.717) is 24.5 Å². The zero-order chi connectivity index (χ0) is 13.0. The second-order valence-electron chi connectivity index (χ2n) is 4.67. The number of nitrogens with zero attached hydrogens (tertiary/aromatic N) is 1. The highest BCUT2D eigenvalue weighted by Gasteiger charge is 2.24. The molecule has 0 aromatic heterocycles. The Kier molecular flexibility index (Phi) is 4.37. The number of sulfonamides is 1. The van der Waals surface area contributed by atoms with Crippen molar-refractivity contribution in [3.8, 4) is 0 Å². The molecule has 0 amide bonds. The molecule has 2 N–H and O–H groups in total. The third-order valence-corrected chi connectivity index (χ3v) is 5.23. The first-order chi connectivity index (χ1) is 8.64. The SMILES string of the molecule is NCc1cccc(S(=O)(=O)N2CCCCCC2)c1. The molecule has 1 heterocycles. The quantitative estimate of drug-likeness (QED) is 0.907. The lowest BCUT2D eigenvalue weighted by atomic mass is 10.2. The summed E-state index contributed by atoms with van der Waals surface area (Å²) in [6.45, 7) is 1.63. The van der Waals surface area contributed by atoms with Crippen LogP contribution in [0, 0.1) is 0 Å². The van der Waals surface area contributed by atoms with Gasteiger partial charge in [0.25, 0.3) is 0 Å². The smallest absolute Gasteiger partial charge is 0.243 e. The summed E-state index contributed by atoms with van der Waals surface area (Å²) in [6, 6.07) is 6.94. The molecule has 1 aliphatic heterocycles. The van der Waals surface area contributed by atoms with Crippen LogP contribution in [0.3, 0.4) is 0 Å². The first-order valence-corrected chi connectivity index (χ1v) is 7.88. The highest BCUT2D eigenvalue weighted by Crippen LogP contribution is 2.20. The molecule has 1 aromatic carbocycles. The lowest BCUT2D eigenvalue weighted by Crippen LogP contribution is -2.32. The van der Waals surface area contributed by atoms with Crippen LogP contribution in [-0.2, 0) is 16.6 Å². The van der Waals surface area contributed by atoms with Gasteiger partial charge in [-0.1, -0.05) is 25.0 Å². The van der Waals surface area contributed by atoms with Gasteiger partial charge in [0, 0.05) is 19.6 Å². The summed E-state index contributed by atoms with van der Waals surface area (Å²) in [6.07, 6.45) is 4.15. The summed E-state index contributed by atoms with van der Waals surface area (Å²) in [4.78, 5) is 0.368. The van der Waals surface area contributed by atoms with E-state index in [0.717, 1.165) is 31.2 Å². The second-order valence-corrected chi connectivity index (χ2v) is 6.61. The van der Waals surface area contributed by atoms with Gasteiger partial charge in [0.15, 0.2) is 0 Å². The normalized spacial score (nSPS) is 18.5. The van der Waals surface area contributed by atoms with Crippen LogP contribution in [0.25, 0.3) is 0 Å². The largest absolute Gasteiger partial charge is 0.326 e. The Bertz CT molecular complexity index is 491. The molecule has 0 bridgehead atoms. The van der Waals surface area contributed by atoms with Crippen molar-refractivity contribution >= 4 is 10.0 Å². The molecule has 0 unspecified atom stereocenters. The Balaban J connectivity index is 2.28. The minimum absolute atomic E-state index is 0.364. The van der Waals surface area contributed by atoms with Crippen LogP contribution in [0.2, 0.25) is 0 Å².